The summed E-state index contributed by atoms with van der Waals surface area (Å²) in [5.74, 6) is -1.39. The molecule has 1 aromatic rings. The van der Waals surface area contributed by atoms with Crippen LogP contribution in [0.1, 0.15) is 5.69 Å². The number of aryl methyl sites for hydroxylation is 1. The number of halogens is 3. The highest BCUT2D eigenvalue weighted by molar-refractivity contribution is 9.10. The van der Waals surface area contributed by atoms with Crippen molar-refractivity contribution in [3.8, 4) is 0 Å². The average Bonchev–Trinajstić information content (AvgIpc) is 2.34. The third-order valence-electron chi connectivity index (χ3n) is 1.23. The molecule has 0 spiro atoms. The molecule has 0 aliphatic heterocycles. The van der Waals surface area contributed by atoms with Gasteiger partial charge in [-0.1, -0.05) is 0 Å². The fourth-order valence-corrected chi connectivity index (χ4v) is 1.39. The van der Waals surface area contributed by atoms with Gasteiger partial charge in [0.05, 0.1) is 11.2 Å². The van der Waals surface area contributed by atoms with E-state index >= 15 is 0 Å². The zero-order valence-corrected chi connectivity index (χ0v) is 8.88. The molecular formula is C6H5BrF2N2OS. The third-order valence-corrected chi connectivity index (χ3v) is 2.43. The van der Waals surface area contributed by atoms with E-state index in [4.69, 9.17) is 0 Å². The number of carbonyl (C=O) groups is 1. The molecule has 0 aromatic carbocycles. The van der Waals surface area contributed by atoms with Gasteiger partial charge in [0.15, 0.2) is 0 Å². The Morgan fingerprint density at radius 1 is 1.77 bits per heavy atom. The van der Waals surface area contributed by atoms with Crippen LogP contribution in [0.25, 0.3) is 0 Å². The predicted molar refractivity (Wildman–Crippen MR) is 49.4 cm³/mol. The van der Waals surface area contributed by atoms with Gasteiger partial charge in [0.25, 0.3) is 0 Å². The van der Waals surface area contributed by atoms with E-state index in [-0.39, 0.29) is 0 Å². The highest BCUT2D eigenvalue weighted by Crippen LogP contribution is 2.26. The van der Waals surface area contributed by atoms with Crippen LogP contribution in [0, 0.1) is 6.92 Å². The van der Waals surface area contributed by atoms with Crippen LogP contribution >= 0.6 is 27.3 Å². The number of hydrogen-bond donors (Lipinski definition) is 1. The molecule has 1 heterocycles. The fourth-order valence-electron chi connectivity index (χ4n) is 0.596. The van der Waals surface area contributed by atoms with Crippen LogP contribution < -0.4 is 5.32 Å². The maximum absolute atomic E-state index is 12.3. The van der Waals surface area contributed by atoms with Gasteiger partial charge in [-0.25, -0.2) is 4.98 Å². The lowest BCUT2D eigenvalue weighted by atomic mass is 10.5. The minimum Gasteiger partial charge on any atom is -0.310 e. The van der Waals surface area contributed by atoms with Crippen LogP contribution in [0.2, 0.25) is 0 Å². The van der Waals surface area contributed by atoms with Gasteiger partial charge >= 0.3 is 10.7 Å². The Hall–Kier alpha value is -0.560. The molecule has 0 radical (unpaired) electrons. The van der Waals surface area contributed by atoms with Crippen molar-refractivity contribution in [1.29, 1.82) is 0 Å². The van der Waals surface area contributed by atoms with E-state index in [9.17, 15) is 13.6 Å². The first-order chi connectivity index (χ1) is 5.91. The number of thiazole rings is 1. The number of aromatic nitrogens is 1. The lowest BCUT2D eigenvalue weighted by Crippen LogP contribution is -2.28. The van der Waals surface area contributed by atoms with Gasteiger partial charge in [-0.3, -0.25) is 4.79 Å². The summed E-state index contributed by atoms with van der Waals surface area (Å²) in [6.07, 6.45) is 0. The number of nitrogens with one attached hydrogen (secondary N) is 1. The second-order valence-corrected chi connectivity index (χ2v) is 4.07. The standard InChI is InChI=1S/C6H5BrF2N2OS/c1-3-4(13-2-10-3)11-5(12)6(7,8)9/h2H,1H3,(H,11,12). The van der Waals surface area contributed by atoms with Crippen molar-refractivity contribution in [2.24, 2.45) is 0 Å². The summed E-state index contributed by atoms with van der Waals surface area (Å²) in [5.41, 5.74) is 1.99. The van der Waals surface area contributed by atoms with Gasteiger partial charge < -0.3 is 5.32 Å². The average molecular weight is 271 g/mol. The second-order valence-electron chi connectivity index (χ2n) is 2.22. The number of nitrogens with zero attached hydrogens (tertiary/aromatic N) is 1. The Morgan fingerprint density at radius 3 is 2.77 bits per heavy atom. The molecular weight excluding hydrogens is 266 g/mol. The van der Waals surface area contributed by atoms with Crippen LogP contribution in [0.5, 0.6) is 0 Å². The smallest absolute Gasteiger partial charge is 0.310 e. The van der Waals surface area contributed by atoms with E-state index < -0.39 is 10.7 Å². The summed E-state index contributed by atoms with van der Waals surface area (Å²) in [6.45, 7) is 1.62. The van der Waals surface area contributed by atoms with Crippen LogP contribution in [0.4, 0.5) is 13.8 Å². The molecule has 72 valence electrons. The highest BCUT2D eigenvalue weighted by Gasteiger charge is 2.35. The zero-order chi connectivity index (χ0) is 10.1. The first-order valence-corrected chi connectivity index (χ1v) is 4.87. The summed E-state index contributed by atoms with van der Waals surface area (Å²) < 4.78 is 24.7. The lowest BCUT2D eigenvalue weighted by molar-refractivity contribution is -0.128. The molecule has 1 rings (SSSR count). The van der Waals surface area contributed by atoms with Crippen LogP contribution in [-0.4, -0.2) is 15.7 Å². The first-order valence-electron chi connectivity index (χ1n) is 3.19. The normalized spacial score (nSPS) is 11.4. The molecule has 0 fully saturated rings. The summed E-state index contributed by atoms with van der Waals surface area (Å²) in [6, 6.07) is 0. The number of anilines is 1. The molecule has 0 aliphatic rings. The minimum absolute atomic E-state index is 0.337. The van der Waals surface area contributed by atoms with Gasteiger partial charge in [0.2, 0.25) is 0 Å². The Kier molecular flexibility index (Phi) is 2.97. The molecule has 0 saturated carbocycles. The number of carbonyl (C=O) groups excluding carboxylic acids is 1. The van der Waals surface area contributed by atoms with Crippen molar-refractivity contribution in [1.82, 2.24) is 4.98 Å². The Morgan fingerprint density at radius 2 is 2.38 bits per heavy atom. The maximum atomic E-state index is 12.3. The summed E-state index contributed by atoms with van der Waals surface area (Å²) in [4.78, 5) is 11.0. The lowest BCUT2D eigenvalue weighted by Gasteiger charge is -2.07. The molecule has 13 heavy (non-hydrogen) atoms. The van der Waals surface area contributed by atoms with Crippen molar-refractivity contribution in [2.45, 2.75) is 11.8 Å². The summed E-state index contributed by atoms with van der Waals surface area (Å²) in [5, 5.41) is 2.39. The molecule has 1 aromatic heterocycles. The van der Waals surface area contributed by atoms with Crippen LogP contribution in [0.15, 0.2) is 5.51 Å². The van der Waals surface area contributed by atoms with Crippen molar-refractivity contribution < 1.29 is 13.6 Å². The molecule has 1 N–H and O–H groups in total. The van der Waals surface area contributed by atoms with Crippen molar-refractivity contribution in [2.75, 3.05) is 5.32 Å². The van der Waals surface area contributed by atoms with Gasteiger partial charge in [-0.05, 0) is 6.92 Å². The fraction of sp³-hybridized carbons (Fsp3) is 0.333. The topological polar surface area (TPSA) is 42.0 Å². The van der Waals surface area contributed by atoms with Crippen molar-refractivity contribution >= 4 is 38.2 Å². The Bertz CT molecular complexity index is 323. The molecule has 0 unspecified atom stereocenters. The van der Waals surface area contributed by atoms with Crippen molar-refractivity contribution in [3.05, 3.63) is 11.2 Å². The number of hydrogen-bond acceptors (Lipinski definition) is 3. The van der Waals surface area contributed by atoms with Gasteiger partial charge in [0.1, 0.15) is 5.00 Å². The van der Waals surface area contributed by atoms with Crippen LogP contribution in [-0.2, 0) is 4.79 Å². The number of rotatable bonds is 2. The molecule has 0 bridgehead atoms. The quantitative estimate of drug-likeness (QED) is 0.839. The van der Waals surface area contributed by atoms with E-state index in [0.29, 0.717) is 10.7 Å². The summed E-state index contributed by atoms with van der Waals surface area (Å²) >= 11 is 3.05. The van der Waals surface area contributed by atoms with E-state index in [1.807, 2.05) is 15.9 Å². The van der Waals surface area contributed by atoms with E-state index in [0.717, 1.165) is 11.3 Å². The monoisotopic (exact) mass is 270 g/mol. The number of alkyl halides is 3. The van der Waals surface area contributed by atoms with E-state index in [1.165, 1.54) is 5.51 Å². The molecule has 0 aliphatic carbocycles. The van der Waals surface area contributed by atoms with E-state index in [1.54, 1.807) is 6.92 Å². The highest BCUT2D eigenvalue weighted by atomic mass is 79.9. The maximum Gasteiger partial charge on any atom is 0.378 e. The SMILES string of the molecule is Cc1ncsc1NC(=O)C(F)(F)Br. The predicted octanol–water partition coefficient (Wildman–Crippen LogP) is 2.38. The number of amides is 1. The molecule has 3 nitrogen and oxygen atoms in total. The molecule has 0 atom stereocenters. The zero-order valence-electron chi connectivity index (χ0n) is 6.47. The Labute approximate surface area is 85.3 Å². The van der Waals surface area contributed by atoms with Crippen molar-refractivity contribution in [3.63, 3.8) is 0 Å². The minimum atomic E-state index is -3.54. The second kappa shape index (κ2) is 3.67. The largest absolute Gasteiger partial charge is 0.378 e. The molecule has 1 amide bonds. The van der Waals surface area contributed by atoms with E-state index in [2.05, 4.69) is 10.3 Å². The van der Waals surface area contributed by atoms with Gasteiger partial charge in [0, 0.05) is 15.9 Å². The first kappa shape index (κ1) is 10.5. The summed E-state index contributed by atoms with van der Waals surface area (Å²) in [7, 11) is 0. The van der Waals surface area contributed by atoms with Gasteiger partial charge in [-0.15, -0.1) is 11.3 Å². The third kappa shape index (κ3) is 2.70. The molecule has 0 saturated heterocycles. The van der Waals surface area contributed by atoms with Gasteiger partial charge in [-0.2, -0.15) is 8.78 Å². The Balaban J connectivity index is 2.71. The molecule has 7 heteroatoms. The van der Waals surface area contributed by atoms with Crippen LogP contribution in [0.3, 0.4) is 0 Å².